The quantitative estimate of drug-likeness (QED) is 0.473. The highest BCUT2D eigenvalue weighted by Crippen LogP contribution is 2.25. The van der Waals surface area contributed by atoms with E-state index in [0.717, 1.165) is 37.0 Å². The van der Waals surface area contributed by atoms with Crippen LogP contribution in [0.3, 0.4) is 0 Å². The summed E-state index contributed by atoms with van der Waals surface area (Å²) in [6, 6.07) is 4.89. The van der Waals surface area contributed by atoms with Crippen LogP contribution in [0.2, 0.25) is 0 Å². The molecule has 3 aliphatic rings. The highest BCUT2D eigenvalue weighted by molar-refractivity contribution is 5.78. The van der Waals surface area contributed by atoms with Crippen LogP contribution in [0.1, 0.15) is 18.4 Å². The monoisotopic (exact) mass is 507 g/mol. The number of benzene rings is 1. The van der Waals surface area contributed by atoms with Crippen molar-refractivity contribution in [2.75, 3.05) is 44.7 Å². The molecule has 5 heterocycles. The second kappa shape index (κ2) is 10.6. The molecular formula is C27H31F2N7O. The molecule has 3 aromatic rings. The summed E-state index contributed by atoms with van der Waals surface area (Å²) in [5.74, 6) is -0.104. The first-order chi connectivity index (χ1) is 18.1. The number of rotatable bonds is 6. The van der Waals surface area contributed by atoms with Gasteiger partial charge in [0.15, 0.2) is 0 Å². The minimum Gasteiger partial charge on any atom is -0.383 e. The van der Waals surface area contributed by atoms with Crippen LogP contribution < -0.4 is 16.0 Å². The summed E-state index contributed by atoms with van der Waals surface area (Å²) >= 11 is 0. The first-order valence-corrected chi connectivity index (χ1v) is 12.9. The van der Waals surface area contributed by atoms with Crippen LogP contribution >= 0.6 is 0 Å². The number of allylic oxidation sites excluding steroid dienone is 1. The number of nitrogens with zero attached hydrogens (tertiary/aromatic N) is 4. The van der Waals surface area contributed by atoms with Gasteiger partial charge in [-0.15, -0.1) is 0 Å². The Bertz CT molecular complexity index is 1300. The zero-order valence-corrected chi connectivity index (χ0v) is 20.6. The van der Waals surface area contributed by atoms with Crippen molar-refractivity contribution in [2.24, 2.45) is 5.92 Å². The number of anilines is 1. The molecule has 37 heavy (non-hydrogen) atoms. The molecular weight excluding hydrogens is 476 g/mol. The molecule has 2 aromatic heterocycles. The number of fused-ring (bicyclic) bond motifs is 1. The molecule has 0 spiro atoms. The van der Waals surface area contributed by atoms with E-state index in [2.05, 4.69) is 32.0 Å². The minimum absolute atomic E-state index is 0.0745. The van der Waals surface area contributed by atoms with Crippen LogP contribution in [0.25, 0.3) is 16.7 Å². The number of morpholine rings is 1. The number of ether oxygens (including phenoxy) is 1. The van der Waals surface area contributed by atoms with Gasteiger partial charge in [0.05, 0.1) is 24.6 Å². The molecule has 2 saturated heterocycles. The van der Waals surface area contributed by atoms with Gasteiger partial charge < -0.3 is 25.3 Å². The van der Waals surface area contributed by atoms with Crippen LogP contribution in [0, 0.1) is 17.6 Å². The molecule has 0 bridgehead atoms. The van der Waals surface area contributed by atoms with Gasteiger partial charge in [0.25, 0.3) is 0 Å². The van der Waals surface area contributed by atoms with Crippen molar-refractivity contribution in [3.63, 3.8) is 0 Å². The minimum atomic E-state index is -0.567. The van der Waals surface area contributed by atoms with Crippen LogP contribution in [0.5, 0.6) is 0 Å². The van der Waals surface area contributed by atoms with Crippen molar-refractivity contribution in [3.8, 4) is 5.69 Å². The van der Waals surface area contributed by atoms with E-state index in [4.69, 9.17) is 4.74 Å². The van der Waals surface area contributed by atoms with Gasteiger partial charge in [0.2, 0.25) is 5.95 Å². The summed E-state index contributed by atoms with van der Waals surface area (Å²) in [4.78, 5) is 11.1. The Morgan fingerprint density at radius 1 is 1.11 bits per heavy atom. The summed E-state index contributed by atoms with van der Waals surface area (Å²) in [6.07, 6.45) is 12.0. The third-order valence-electron chi connectivity index (χ3n) is 7.38. The second-order valence-corrected chi connectivity index (χ2v) is 9.80. The van der Waals surface area contributed by atoms with Gasteiger partial charge in [-0.05, 0) is 56.1 Å². The van der Waals surface area contributed by atoms with Gasteiger partial charge in [-0.25, -0.2) is 13.8 Å². The number of hydrogen-bond acceptors (Lipinski definition) is 7. The van der Waals surface area contributed by atoms with Gasteiger partial charge in [0, 0.05) is 55.2 Å². The lowest BCUT2D eigenvalue weighted by Gasteiger charge is -2.30. The summed E-state index contributed by atoms with van der Waals surface area (Å²) in [6.45, 7) is 4.82. The molecule has 0 aliphatic carbocycles. The van der Waals surface area contributed by atoms with Crippen molar-refractivity contribution in [3.05, 3.63) is 71.8 Å². The molecule has 1 unspecified atom stereocenters. The van der Waals surface area contributed by atoms with Crippen LogP contribution in [0.4, 0.5) is 14.7 Å². The van der Waals surface area contributed by atoms with Gasteiger partial charge in [-0.3, -0.25) is 4.90 Å². The van der Waals surface area contributed by atoms with E-state index in [0.29, 0.717) is 55.5 Å². The maximum absolute atomic E-state index is 15.0. The van der Waals surface area contributed by atoms with E-state index in [1.807, 2.05) is 23.2 Å². The van der Waals surface area contributed by atoms with E-state index in [9.17, 15) is 0 Å². The average molecular weight is 508 g/mol. The van der Waals surface area contributed by atoms with E-state index < -0.39 is 11.6 Å². The van der Waals surface area contributed by atoms with Crippen molar-refractivity contribution < 1.29 is 13.5 Å². The molecule has 10 heteroatoms. The third-order valence-corrected chi connectivity index (χ3v) is 7.38. The number of piperidine rings is 1. The maximum atomic E-state index is 15.0. The lowest BCUT2D eigenvalue weighted by Crippen LogP contribution is -2.40. The van der Waals surface area contributed by atoms with Gasteiger partial charge in [-0.1, -0.05) is 6.08 Å². The fraction of sp³-hybridized carbons (Fsp3) is 0.407. The van der Waals surface area contributed by atoms with Crippen molar-refractivity contribution in [2.45, 2.75) is 25.4 Å². The van der Waals surface area contributed by atoms with Gasteiger partial charge in [-0.2, -0.15) is 4.98 Å². The first-order valence-electron chi connectivity index (χ1n) is 12.9. The maximum Gasteiger partial charge on any atom is 0.229 e. The number of dihydropyridines is 1. The Morgan fingerprint density at radius 3 is 2.62 bits per heavy atom. The topological polar surface area (TPSA) is 79.3 Å². The molecule has 6 rings (SSSR count). The fourth-order valence-electron chi connectivity index (χ4n) is 5.25. The van der Waals surface area contributed by atoms with Gasteiger partial charge in [0.1, 0.15) is 17.3 Å². The van der Waals surface area contributed by atoms with E-state index in [-0.39, 0.29) is 12.1 Å². The SMILES string of the molecule is Fc1cc(-n2ccc3cnc(NC4=CNC(C5CCNCC5)C=C4)nc32)cc(F)c1CN1CCOCC1. The molecule has 3 N–H and O–H groups in total. The lowest BCUT2D eigenvalue weighted by atomic mass is 9.89. The molecule has 194 valence electrons. The summed E-state index contributed by atoms with van der Waals surface area (Å²) < 4.78 is 37.1. The zero-order chi connectivity index (χ0) is 25.2. The van der Waals surface area contributed by atoms with Crippen molar-refractivity contribution >= 4 is 17.0 Å². The molecule has 8 nitrogen and oxygen atoms in total. The van der Waals surface area contributed by atoms with E-state index in [1.165, 1.54) is 12.1 Å². The van der Waals surface area contributed by atoms with Crippen LogP contribution in [-0.2, 0) is 11.3 Å². The fourth-order valence-corrected chi connectivity index (χ4v) is 5.25. The van der Waals surface area contributed by atoms with Crippen molar-refractivity contribution in [1.29, 1.82) is 0 Å². The molecule has 2 fully saturated rings. The summed E-state index contributed by atoms with van der Waals surface area (Å²) in [7, 11) is 0. The highest BCUT2D eigenvalue weighted by atomic mass is 19.1. The first kappa shape index (κ1) is 24.0. The van der Waals surface area contributed by atoms with Crippen LogP contribution in [-0.4, -0.2) is 64.9 Å². The third kappa shape index (κ3) is 5.22. The van der Waals surface area contributed by atoms with E-state index in [1.54, 1.807) is 17.0 Å². The smallest absolute Gasteiger partial charge is 0.229 e. The normalized spacial score (nSPS) is 21.1. The molecule has 0 radical (unpaired) electrons. The number of halogens is 2. The molecule has 0 amide bonds. The second-order valence-electron chi connectivity index (χ2n) is 9.80. The Balaban J connectivity index is 1.19. The Hall–Kier alpha value is -3.34. The number of hydrogen-bond donors (Lipinski definition) is 3. The van der Waals surface area contributed by atoms with E-state index >= 15 is 8.78 Å². The Morgan fingerprint density at radius 2 is 1.89 bits per heavy atom. The van der Waals surface area contributed by atoms with Gasteiger partial charge >= 0.3 is 0 Å². The highest BCUT2D eigenvalue weighted by Gasteiger charge is 2.22. The van der Waals surface area contributed by atoms with Crippen molar-refractivity contribution in [1.82, 2.24) is 30.1 Å². The predicted octanol–water partition coefficient (Wildman–Crippen LogP) is 3.31. The summed E-state index contributed by atoms with van der Waals surface area (Å²) in [5.41, 5.74) is 1.87. The molecule has 0 saturated carbocycles. The standard InChI is InChI=1S/C27H31F2N7O/c28-23-13-21(14-24(29)22(23)17-35-9-11-37-12-10-35)36-8-5-19-15-32-27(34-26(19)36)33-20-1-2-25(31-16-20)18-3-6-30-7-4-18/h1-2,5,8,13-16,18,25,30-31H,3-4,6-7,9-12,17H2,(H,32,33,34). The van der Waals surface area contributed by atoms with Crippen LogP contribution in [0.15, 0.2) is 54.6 Å². The number of aromatic nitrogens is 3. The molecule has 1 aromatic carbocycles. The zero-order valence-electron chi connectivity index (χ0n) is 20.6. The Labute approximate surface area is 214 Å². The number of nitrogens with one attached hydrogen (secondary N) is 3. The molecule has 3 aliphatic heterocycles. The Kier molecular flexibility index (Phi) is 6.86. The summed E-state index contributed by atoms with van der Waals surface area (Å²) in [5, 5.41) is 10.9. The molecule has 1 atom stereocenters. The largest absolute Gasteiger partial charge is 0.383 e. The predicted molar refractivity (Wildman–Crippen MR) is 138 cm³/mol. The lowest BCUT2D eigenvalue weighted by molar-refractivity contribution is 0.0332. The average Bonchev–Trinajstić information content (AvgIpc) is 3.35.